The lowest BCUT2D eigenvalue weighted by Gasteiger charge is -2.54. The van der Waals surface area contributed by atoms with E-state index in [9.17, 15) is 19.2 Å². The average Bonchev–Trinajstić information content (AvgIpc) is 3.21. The molecule has 3 aromatic rings. The molecule has 1 heterocycles. The molecule has 1 fully saturated rings. The second-order valence-corrected chi connectivity index (χ2v) is 11.4. The van der Waals surface area contributed by atoms with Crippen LogP contribution in [0.4, 0.5) is 0 Å². The average molecular weight is 569 g/mol. The van der Waals surface area contributed by atoms with Gasteiger partial charge < -0.3 is 4.74 Å². The van der Waals surface area contributed by atoms with E-state index in [1.807, 2.05) is 48.5 Å². The second-order valence-electron chi connectivity index (χ2n) is 9.73. The molecule has 9 heteroatoms. The number of ether oxygens (including phenoxy) is 1. The van der Waals surface area contributed by atoms with Gasteiger partial charge in [0, 0.05) is 10.6 Å². The summed E-state index contributed by atoms with van der Waals surface area (Å²) in [4.78, 5) is 51.5. The normalized spacial score (nSPS) is 27.4. The van der Waals surface area contributed by atoms with E-state index in [-0.39, 0.29) is 0 Å². The molecule has 3 aliphatic carbocycles. The molecular weight excluding hydrogens is 549 g/mol. The van der Waals surface area contributed by atoms with Crippen LogP contribution in [0.5, 0.6) is 0 Å². The summed E-state index contributed by atoms with van der Waals surface area (Å²) in [5, 5.41) is 0.465. The molecule has 2 bridgehead atoms. The van der Waals surface area contributed by atoms with Crippen molar-refractivity contribution in [1.82, 2.24) is 4.90 Å². The van der Waals surface area contributed by atoms with E-state index in [1.54, 1.807) is 12.1 Å². The molecule has 6 nitrogen and oxygen atoms in total. The first-order valence-electron chi connectivity index (χ1n) is 12.0. The van der Waals surface area contributed by atoms with E-state index < -0.39 is 57.8 Å². The lowest BCUT2D eigenvalue weighted by Crippen LogP contribution is -2.57. The number of imide groups is 1. The van der Waals surface area contributed by atoms with Crippen molar-refractivity contribution in [2.24, 2.45) is 11.8 Å². The van der Waals surface area contributed by atoms with E-state index in [2.05, 4.69) is 0 Å². The Labute approximate surface area is 233 Å². The van der Waals surface area contributed by atoms with Crippen LogP contribution in [-0.4, -0.2) is 41.1 Å². The van der Waals surface area contributed by atoms with Gasteiger partial charge in [-0.15, -0.1) is 23.2 Å². The fraction of sp³-hybridized carbons (Fsp3) is 0.241. The van der Waals surface area contributed by atoms with Crippen LogP contribution in [0, 0.1) is 11.8 Å². The summed E-state index contributed by atoms with van der Waals surface area (Å²) >= 11 is 20.6. The zero-order valence-electron chi connectivity index (χ0n) is 20.0. The van der Waals surface area contributed by atoms with Crippen molar-refractivity contribution in [3.8, 4) is 0 Å². The summed E-state index contributed by atoms with van der Waals surface area (Å²) in [6.45, 7) is 0.843. The number of Topliss-reactive ketones (excluding diaryl/α,β-unsaturated/α-hetero) is 1. The lowest BCUT2D eigenvalue weighted by molar-refractivity contribution is -0.157. The van der Waals surface area contributed by atoms with Crippen LogP contribution in [0.15, 0.2) is 72.8 Å². The van der Waals surface area contributed by atoms with Gasteiger partial charge in [0.1, 0.15) is 15.8 Å². The van der Waals surface area contributed by atoms with Gasteiger partial charge in [0.25, 0.3) is 0 Å². The largest absolute Gasteiger partial charge is 0.456 e. The first-order chi connectivity index (χ1) is 18.1. The highest BCUT2D eigenvalue weighted by Gasteiger charge is 2.73. The first-order valence-corrected chi connectivity index (χ1v) is 13.1. The molecule has 192 valence electrons. The number of benzene rings is 3. The van der Waals surface area contributed by atoms with Gasteiger partial charge in [0.2, 0.25) is 11.8 Å². The van der Waals surface area contributed by atoms with Crippen LogP contribution in [0.3, 0.4) is 0 Å². The van der Waals surface area contributed by atoms with Crippen LogP contribution < -0.4 is 0 Å². The fourth-order valence-electron chi connectivity index (χ4n) is 6.15. The number of carbonyl (C=O) groups is 4. The van der Waals surface area contributed by atoms with Gasteiger partial charge in [0.15, 0.2) is 12.4 Å². The maximum atomic E-state index is 13.9. The number of ketones is 1. The number of carbonyl (C=O) groups excluding carboxylic acids is 4. The minimum Gasteiger partial charge on any atom is -0.456 e. The molecule has 3 aromatic carbocycles. The smallest absolute Gasteiger partial charge is 0.329 e. The number of halogens is 3. The summed E-state index contributed by atoms with van der Waals surface area (Å²) in [5.74, 6) is -4.58. The van der Waals surface area contributed by atoms with Crippen molar-refractivity contribution in [1.29, 1.82) is 0 Å². The number of likely N-dealkylation sites (tertiary alicyclic amines) is 1. The van der Waals surface area contributed by atoms with E-state index in [0.29, 0.717) is 32.8 Å². The lowest BCUT2D eigenvalue weighted by atomic mass is 9.54. The summed E-state index contributed by atoms with van der Waals surface area (Å²) < 4.78 is 5.22. The van der Waals surface area contributed by atoms with Crippen LogP contribution >= 0.6 is 34.8 Å². The van der Waals surface area contributed by atoms with Crippen molar-refractivity contribution < 1.29 is 23.9 Å². The molecular formula is C29H20Cl3NO5. The Kier molecular flexibility index (Phi) is 5.73. The van der Waals surface area contributed by atoms with Crippen LogP contribution in [-0.2, 0) is 28.9 Å². The highest BCUT2D eigenvalue weighted by atomic mass is 35.5. The molecule has 1 aliphatic heterocycles. The minimum absolute atomic E-state index is 0.314. The highest BCUT2D eigenvalue weighted by molar-refractivity contribution is 6.36. The van der Waals surface area contributed by atoms with Crippen LogP contribution in [0.25, 0.3) is 0 Å². The van der Waals surface area contributed by atoms with Gasteiger partial charge in [0.05, 0.1) is 11.8 Å². The maximum Gasteiger partial charge on any atom is 0.329 e. The number of nitrogens with zero attached hydrogens (tertiary/aromatic N) is 1. The molecule has 0 unspecified atom stereocenters. The quantitative estimate of drug-likeness (QED) is 0.186. The molecule has 0 radical (unpaired) electrons. The summed E-state index contributed by atoms with van der Waals surface area (Å²) in [7, 11) is 0. The molecule has 0 aromatic heterocycles. The van der Waals surface area contributed by atoms with E-state index in [1.165, 1.54) is 19.1 Å². The fourth-order valence-corrected chi connectivity index (χ4v) is 7.38. The third kappa shape index (κ3) is 3.20. The number of hydrogen-bond acceptors (Lipinski definition) is 5. The van der Waals surface area contributed by atoms with Crippen LogP contribution in [0.2, 0.25) is 5.02 Å². The molecule has 4 aliphatic rings. The molecule has 1 saturated heterocycles. The number of esters is 1. The van der Waals surface area contributed by atoms with Crippen molar-refractivity contribution in [3.05, 3.63) is 106 Å². The van der Waals surface area contributed by atoms with E-state index in [4.69, 9.17) is 39.5 Å². The molecule has 0 saturated carbocycles. The third-order valence-electron chi connectivity index (χ3n) is 7.86. The van der Waals surface area contributed by atoms with Gasteiger partial charge >= 0.3 is 5.97 Å². The molecule has 0 spiro atoms. The topological polar surface area (TPSA) is 80.8 Å². The Morgan fingerprint density at radius 3 is 1.66 bits per heavy atom. The number of rotatable bonds is 5. The molecule has 38 heavy (non-hydrogen) atoms. The predicted octanol–water partition coefficient (Wildman–Crippen LogP) is 5.05. The Bertz CT molecular complexity index is 1410. The number of alkyl halides is 2. The van der Waals surface area contributed by atoms with E-state index >= 15 is 0 Å². The SMILES string of the molecule is C[C@@H](C(=O)OCC(=O)c1ccc(Cl)cc1)N1C(=O)[C@@H]2[C@H](C1=O)C1(Cl)c3ccccc3C2(Cl)c2ccccc21. The van der Waals surface area contributed by atoms with Crippen molar-refractivity contribution in [3.63, 3.8) is 0 Å². The first kappa shape index (κ1) is 25.1. The standard InChI is InChI=1S/C29H20Cl3NO5/c1-15(27(37)38-14-22(34)16-10-12-17(30)13-11-16)33-25(35)23-24(26(33)36)29(32)19-7-3-2-6-18(19)28(23,31)20-8-4-5-9-21(20)29/h2-13,15,23-24H,14H2,1H3/t15-,23-,24+,28?,29?/m0/s1. The monoisotopic (exact) mass is 567 g/mol. The van der Waals surface area contributed by atoms with Gasteiger partial charge in [-0.2, -0.15) is 0 Å². The Morgan fingerprint density at radius 2 is 1.24 bits per heavy atom. The maximum absolute atomic E-state index is 13.9. The van der Waals surface area contributed by atoms with E-state index in [0.717, 1.165) is 4.90 Å². The van der Waals surface area contributed by atoms with Gasteiger partial charge in [-0.1, -0.05) is 60.1 Å². The molecule has 3 atom stereocenters. The van der Waals surface area contributed by atoms with Crippen LogP contribution in [0.1, 0.15) is 39.5 Å². The summed E-state index contributed by atoms with van der Waals surface area (Å²) in [6, 6.07) is 19.4. The Hall–Kier alpha value is -3.19. The predicted molar refractivity (Wildman–Crippen MR) is 141 cm³/mol. The van der Waals surface area contributed by atoms with Gasteiger partial charge in [-0.05, 0) is 53.4 Å². The van der Waals surface area contributed by atoms with Crippen molar-refractivity contribution >= 4 is 58.4 Å². The molecule has 0 N–H and O–H groups in total. The number of hydrogen-bond donors (Lipinski definition) is 0. The zero-order valence-corrected chi connectivity index (χ0v) is 22.3. The second kappa shape index (κ2) is 8.67. The van der Waals surface area contributed by atoms with Crippen molar-refractivity contribution in [2.75, 3.05) is 6.61 Å². The number of amides is 2. The van der Waals surface area contributed by atoms with Gasteiger partial charge in [-0.3, -0.25) is 19.3 Å². The molecule has 2 amide bonds. The third-order valence-corrected chi connectivity index (χ3v) is 9.40. The highest BCUT2D eigenvalue weighted by Crippen LogP contribution is 2.69. The minimum atomic E-state index is -1.34. The van der Waals surface area contributed by atoms with Gasteiger partial charge in [-0.25, -0.2) is 4.79 Å². The zero-order chi connectivity index (χ0) is 27.0. The Balaban J connectivity index is 1.33. The summed E-state index contributed by atoms with van der Waals surface area (Å²) in [6.07, 6.45) is 0. The van der Waals surface area contributed by atoms with Crippen molar-refractivity contribution in [2.45, 2.75) is 22.7 Å². The summed E-state index contributed by atoms with van der Waals surface area (Å²) in [5.41, 5.74) is 2.99. The Morgan fingerprint density at radius 1 is 0.816 bits per heavy atom. The molecule has 7 rings (SSSR count).